The zero-order chi connectivity index (χ0) is 10.6. The quantitative estimate of drug-likeness (QED) is 0.737. The van der Waals surface area contributed by atoms with Gasteiger partial charge in [0, 0.05) is 25.6 Å². The van der Waals surface area contributed by atoms with Gasteiger partial charge in [0.15, 0.2) is 0 Å². The molecule has 1 aliphatic heterocycles. The van der Waals surface area contributed by atoms with E-state index in [9.17, 15) is 4.79 Å². The number of carbonyl (C=O) groups is 1. The van der Waals surface area contributed by atoms with Gasteiger partial charge in [0.1, 0.15) is 0 Å². The summed E-state index contributed by atoms with van der Waals surface area (Å²) in [6.07, 6.45) is 3.38. The summed E-state index contributed by atoms with van der Waals surface area (Å²) in [5.41, 5.74) is 0. The van der Waals surface area contributed by atoms with Gasteiger partial charge in [-0.2, -0.15) is 0 Å². The maximum atomic E-state index is 11.8. The molecule has 0 saturated carbocycles. The first-order chi connectivity index (χ1) is 6.65. The molecule has 0 aliphatic carbocycles. The van der Waals surface area contributed by atoms with Crippen molar-refractivity contribution in [3.63, 3.8) is 0 Å². The summed E-state index contributed by atoms with van der Waals surface area (Å²) in [4.78, 5) is 13.6. The second-order valence-corrected chi connectivity index (χ2v) is 4.32. The molecule has 0 spiro atoms. The molecule has 0 aromatic carbocycles. The van der Waals surface area contributed by atoms with Crippen LogP contribution in [-0.4, -0.2) is 37.0 Å². The highest BCUT2D eigenvalue weighted by atomic mass is 16.2. The Labute approximate surface area is 86.9 Å². The minimum Gasteiger partial charge on any atom is -0.344 e. The molecule has 2 unspecified atom stereocenters. The highest BCUT2D eigenvalue weighted by molar-refractivity contribution is 5.78. The predicted molar refractivity (Wildman–Crippen MR) is 58.1 cm³/mol. The van der Waals surface area contributed by atoms with Crippen molar-refractivity contribution in [3.8, 4) is 0 Å². The molecule has 3 nitrogen and oxygen atoms in total. The van der Waals surface area contributed by atoms with Crippen molar-refractivity contribution in [3.05, 3.63) is 0 Å². The van der Waals surface area contributed by atoms with Gasteiger partial charge in [-0.3, -0.25) is 4.79 Å². The Kier molecular flexibility index (Phi) is 4.39. The average Bonchev–Trinajstić information content (AvgIpc) is 2.68. The fourth-order valence-corrected chi connectivity index (χ4v) is 1.88. The number of likely N-dealkylation sites (N-methyl/N-ethyl adjacent to an activating group) is 1. The molecule has 14 heavy (non-hydrogen) atoms. The minimum absolute atomic E-state index is 0.168. The van der Waals surface area contributed by atoms with Crippen LogP contribution in [0, 0.1) is 5.92 Å². The van der Waals surface area contributed by atoms with Gasteiger partial charge in [-0.05, 0) is 25.8 Å². The molecule has 1 N–H and O–H groups in total. The van der Waals surface area contributed by atoms with E-state index in [4.69, 9.17) is 0 Å². The van der Waals surface area contributed by atoms with E-state index in [2.05, 4.69) is 12.2 Å². The van der Waals surface area contributed by atoms with Crippen molar-refractivity contribution in [2.45, 2.75) is 39.2 Å². The number of carbonyl (C=O) groups excluding carboxylic acids is 1. The van der Waals surface area contributed by atoms with Crippen LogP contribution in [0.25, 0.3) is 0 Å². The third-order valence-electron chi connectivity index (χ3n) is 3.07. The molecule has 2 atom stereocenters. The van der Waals surface area contributed by atoms with Crippen molar-refractivity contribution in [1.29, 1.82) is 0 Å². The van der Waals surface area contributed by atoms with E-state index in [-0.39, 0.29) is 11.8 Å². The van der Waals surface area contributed by atoms with Crippen LogP contribution in [0.2, 0.25) is 0 Å². The third-order valence-corrected chi connectivity index (χ3v) is 3.07. The van der Waals surface area contributed by atoms with Crippen LogP contribution >= 0.6 is 0 Å². The van der Waals surface area contributed by atoms with Crippen molar-refractivity contribution < 1.29 is 4.79 Å². The first kappa shape index (κ1) is 11.5. The molecule has 1 saturated heterocycles. The topological polar surface area (TPSA) is 32.3 Å². The number of nitrogens with zero attached hydrogens (tertiary/aromatic N) is 1. The largest absolute Gasteiger partial charge is 0.344 e. The summed E-state index contributed by atoms with van der Waals surface area (Å²) < 4.78 is 0. The van der Waals surface area contributed by atoms with E-state index in [1.165, 1.54) is 12.8 Å². The van der Waals surface area contributed by atoms with E-state index in [0.29, 0.717) is 6.04 Å². The second kappa shape index (κ2) is 5.35. The van der Waals surface area contributed by atoms with E-state index in [0.717, 1.165) is 19.5 Å². The van der Waals surface area contributed by atoms with Gasteiger partial charge in [0.25, 0.3) is 0 Å². The summed E-state index contributed by atoms with van der Waals surface area (Å²) >= 11 is 0. The van der Waals surface area contributed by atoms with Gasteiger partial charge >= 0.3 is 0 Å². The van der Waals surface area contributed by atoms with E-state index < -0.39 is 0 Å². The molecule has 3 heteroatoms. The second-order valence-electron chi connectivity index (χ2n) is 4.32. The molecule has 82 valence electrons. The minimum atomic E-state index is 0.168. The van der Waals surface area contributed by atoms with E-state index in [1.807, 2.05) is 18.9 Å². The number of amides is 1. The van der Waals surface area contributed by atoms with Crippen molar-refractivity contribution in [1.82, 2.24) is 10.2 Å². The number of rotatable bonds is 4. The van der Waals surface area contributed by atoms with Crippen molar-refractivity contribution in [2.75, 3.05) is 20.1 Å². The van der Waals surface area contributed by atoms with Crippen molar-refractivity contribution >= 4 is 5.91 Å². The van der Waals surface area contributed by atoms with Crippen LogP contribution in [0.5, 0.6) is 0 Å². The van der Waals surface area contributed by atoms with Gasteiger partial charge < -0.3 is 10.2 Å². The fraction of sp³-hybridized carbons (Fsp3) is 0.909. The summed E-state index contributed by atoms with van der Waals surface area (Å²) in [5, 5.41) is 3.41. The summed E-state index contributed by atoms with van der Waals surface area (Å²) in [7, 11) is 1.91. The Morgan fingerprint density at radius 1 is 1.64 bits per heavy atom. The van der Waals surface area contributed by atoms with Gasteiger partial charge in [0.2, 0.25) is 5.91 Å². The number of hydrogen-bond donors (Lipinski definition) is 1. The third kappa shape index (κ3) is 2.98. The number of hydrogen-bond acceptors (Lipinski definition) is 2. The van der Waals surface area contributed by atoms with Gasteiger partial charge in [0.05, 0.1) is 0 Å². The monoisotopic (exact) mass is 198 g/mol. The lowest BCUT2D eigenvalue weighted by Crippen LogP contribution is -2.40. The Morgan fingerprint density at radius 3 is 2.86 bits per heavy atom. The lowest BCUT2D eigenvalue weighted by atomic mass is 10.1. The molecule has 1 heterocycles. The van der Waals surface area contributed by atoms with Crippen LogP contribution in [0.15, 0.2) is 0 Å². The smallest absolute Gasteiger partial charge is 0.225 e. The Bertz CT molecular complexity index is 188. The Hall–Kier alpha value is -0.570. The molecule has 0 bridgehead atoms. The van der Waals surface area contributed by atoms with Gasteiger partial charge in [-0.15, -0.1) is 0 Å². The lowest BCUT2D eigenvalue weighted by molar-refractivity contribution is -0.134. The van der Waals surface area contributed by atoms with E-state index in [1.54, 1.807) is 0 Å². The molecule has 0 aromatic heterocycles. The van der Waals surface area contributed by atoms with E-state index >= 15 is 0 Å². The summed E-state index contributed by atoms with van der Waals surface area (Å²) in [6.45, 7) is 6.03. The standard InChI is InChI=1S/C11H22N2O/c1-4-9(2)11(14)13(3)8-10-6-5-7-12-10/h9-10,12H,4-8H2,1-3H3. The van der Waals surface area contributed by atoms with Gasteiger partial charge in [-0.25, -0.2) is 0 Å². The van der Waals surface area contributed by atoms with Crippen LogP contribution in [0.3, 0.4) is 0 Å². The van der Waals surface area contributed by atoms with Crippen LogP contribution in [0.4, 0.5) is 0 Å². The zero-order valence-corrected chi connectivity index (χ0v) is 9.55. The summed E-state index contributed by atoms with van der Waals surface area (Å²) in [6, 6.07) is 0.521. The fourth-order valence-electron chi connectivity index (χ4n) is 1.88. The summed E-state index contributed by atoms with van der Waals surface area (Å²) in [5.74, 6) is 0.447. The average molecular weight is 198 g/mol. The van der Waals surface area contributed by atoms with Crippen LogP contribution in [0.1, 0.15) is 33.1 Å². The molecule has 0 aromatic rings. The molecule has 1 rings (SSSR count). The first-order valence-electron chi connectivity index (χ1n) is 5.63. The van der Waals surface area contributed by atoms with Crippen LogP contribution in [-0.2, 0) is 4.79 Å². The molecule has 1 aliphatic rings. The predicted octanol–water partition coefficient (Wildman–Crippen LogP) is 1.24. The maximum Gasteiger partial charge on any atom is 0.225 e. The highest BCUT2D eigenvalue weighted by Crippen LogP contribution is 2.09. The Balaban J connectivity index is 2.32. The molecule has 1 fully saturated rings. The van der Waals surface area contributed by atoms with Gasteiger partial charge in [-0.1, -0.05) is 13.8 Å². The highest BCUT2D eigenvalue weighted by Gasteiger charge is 2.21. The van der Waals surface area contributed by atoms with Crippen LogP contribution < -0.4 is 5.32 Å². The molecular weight excluding hydrogens is 176 g/mol. The number of nitrogens with one attached hydrogen (secondary N) is 1. The normalized spacial score (nSPS) is 23.5. The Morgan fingerprint density at radius 2 is 2.36 bits per heavy atom. The molecular formula is C11H22N2O. The maximum absolute atomic E-state index is 11.8. The van der Waals surface area contributed by atoms with Crippen molar-refractivity contribution in [2.24, 2.45) is 5.92 Å². The lowest BCUT2D eigenvalue weighted by Gasteiger charge is -2.23. The first-order valence-corrected chi connectivity index (χ1v) is 5.63. The molecule has 0 radical (unpaired) electrons. The SMILES string of the molecule is CCC(C)C(=O)N(C)CC1CCCN1. The molecule has 1 amide bonds. The zero-order valence-electron chi connectivity index (χ0n) is 9.55.